The Labute approximate surface area is 183 Å². The average molecular weight is 432 g/mol. The molecule has 4 rings (SSSR count). The lowest BCUT2D eigenvalue weighted by Gasteiger charge is -2.10. The van der Waals surface area contributed by atoms with Crippen molar-refractivity contribution in [3.63, 3.8) is 0 Å². The number of ether oxygens (including phenoxy) is 1. The standard InChI is InChI=1S/C24H18ClN3O3/c25-18-7-3-5-16(11-18)13-27-23(29)15-31-24(30)20-12-22(17-6-4-10-26-14-17)28-21-9-2-1-8-19(20)21/h1-12,14H,13,15H2,(H,27,29). The molecule has 0 spiro atoms. The quantitative estimate of drug-likeness (QED) is 0.457. The van der Waals surface area contributed by atoms with Gasteiger partial charge in [-0.05, 0) is 42.0 Å². The fourth-order valence-corrected chi connectivity index (χ4v) is 3.33. The number of carbonyl (C=O) groups excluding carboxylic acids is 2. The number of aromatic nitrogens is 2. The van der Waals surface area contributed by atoms with E-state index in [1.807, 2.05) is 30.3 Å². The molecule has 0 unspecified atom stereocenters. The van der Waals surface area contributed by atoms with Crippen LogP contribution in [0.25, 0.3) is 22.2 Å². The molecular formula is C24H18ClN3O3. The molecule has 0 atom stereocenters. The van der Waals surface area contributed by atoms with E-state index < -0.39 is 18.5 Å². The van der Waals surface area contributed by atoms with Gasteiger partial charge in [-0.15, -0.1) is 0 Å². The van der Waals surface area contributed by atoms with Gasteiger partial charge in [0.25, 0.3) is 5.91 Å². The molecule has 1 N–H and O–H groups in total. The predicted octanol–water partition coefficient (Wildman–Crippen LogP) is 4.42. The minimum atomic E-state index is -0.596. The van der Waals surface area contributed by atoms with Crippen LogP contribution in [0.2, 0.25) is 5.02 Å². The number of hydrogen-bond acceptors (Lipinski definition) is 5. The molecular weight excluding hydrogens is 414 g/mol. The van der Waals surface area contributed by atoms with Crippen LogP contribution in [0.5, 0.6) is 0 Å². The Morgan fingerprint density at radius 2 is 1.87 bits per heavy atom. The number of rotatable bonds is 6. The summed E-state index contributed by atoms with van der Waals surface area (Å²) in [6.45, 7) is -0.0986. The first kappa shape index (κ1) is 20.5. The van der Waals surface area contributed by atoms with Crippen molar-refractivity contribution in [3.05, 3.63) is 95.3 Å². The number of nitrogens with one attached hydrogen (secondary N) is 1. The lowest BCUT2D eigenvalue weighted by molar-refractivity contribution is -0.124. The normalized spacial score (nSPS) is 10.6. The van der Waals surface area contributed by atoms with E-state index >= 15 is 0 Å². The predicted molar refractivity (Wildman–Crippen MR) is 119 cm³/mol. The summed E-state index contributed by atoms with van der Waals surface area (Å²) < 4.78 is 5.28. The highest BCUT2D eigenvalue weighted by Crippen LogP contribution is 2.25. The van der Waals surface area contributed by atoms with Crippen LogP contribution in [-0.4, -0.2) is 28.5 Å². The second kappa shape index (κ2) is 9.36. The molecule has 4 aromatic rings. The molecule has 0 aliphatic carbocycles. The Balaban J connectivity index is 1.48. The van der Waals surface area contributed by atoms with Gasteiger partial charge in [-0.2, -0.15) is 0 Å². The number of esters is 1. The van der Waals surface area contributed by atoms with Crippen LogP contribution in [0.1, 0.15) is 15.9 Å². The Morgan fingerprint density at radius 1 is 1.00 bits per heavy atom. The molecule has 0 fully saturated rings. The zero-order valence-corrected chi connectivity index (χ0v) is 17.2. The molecule has 0 aliphatic rings. The van der Waals surface area contributed by atoms with E-state index in [4.69, 9.17) is 16.3 Å². The van der Waals surface area contributed by atoms with Crippen molar-refractivity contribution >= 4 is 34.4 Å². The van der Waals surface area contributed by atoms with Crippen molar-refractivity contribution in [2.45, 2.75) is 6.54 Å². The van der Waals surface area contributed by atoms with E-state index in [0.717, 1.165) is 11.1 Å². The van der Waals surface area contributed by atoms with Crippen LogP contribution in [0.4, 0.5) is 0 Å². The molecule has 1 amide bonds. The fourth-order valence-electron chi connectivity index (χ4n) is 3.11. The van der Waals surface area contributed by atoms with Gasteiger partial charge >= 0.3 is 5.97 Å². The molecule has 154 valence electrons. The molecule has 2 aromatic heterocycles. The van der Waals surface area contributed by atoms with Gasteiger partial charge in [0.05, 0.1) is 16.8 Å². The van der Waals surface area contributed by atoms with E-state index in [-0.39, 0.29) is 0 Å². The van der Waals surface area contributed by atoms with E-state index in [1.165, 1.54) is 0 Å². The minimum absolute atomic E-state index is 0.292. The van der Waals surface area contributed by atoms with E-state index in [2.05, 4.69) is 15.3 Å². The molecule has 2 heterocycles. The van der Waals surface area contributed by atoms with Gasteiger partial charge in [-0.1, -0.05) is 41.9 Å². The lowest BCUT2D eigenvalue weighted by atomic mass is 10.1. The summed E-state index contributed by atoms with van der Waals surface area (Å²) in [5.41, 5.74) is 3.23. The van der Waals surface area contributed by atoms with Gasteiger partial charge in [0.2, 0.25) is 0 Å². The second-order valence-corrected chi connectivity index (χ2v) is 7.23. The van der Waals surface area contributed by atoms with Gasteiger partial charge in [0, 0.05) is 34.9 Å². The van der Waals surface area contributed by atoms with E-state index in [9.17, 15) is 9.59 Å². The average Bonchev–Trinajstić information content (AvgIpc) is 2.81. The maximum atomic E-state index is 12.8. The maximum absolute atomic E-state index is 12.8. The third kappa shape index (κ3) is 5.05. The highest BCUT2D eigenvalue weighted by Gasteiger charge is 2.16. The molecule has 31 heavy (non-hydrogen) atoms. The minimum Gasteiger partial charge on any atom is -0.452 e. The van der Waals surface area contributed by atoms with Crippen LogP contribution < -0.4 is 5.32 Å². The van der Waals surface area contributed by atoms with Crippen LogP contribution in [-0.2, 0) is 16.1 Å². The Kier molecular flexibility index (Phi) is 6.19. The van der Waals surface area contributed by atoms with Gasteiger partial charge in [0.1, 0.15) is 0 Å². The fraction of sp³-hybridized carbons (Fsp3) is 0.0833. The Hall–Kier alpha value is -3.77. The summed E-state index contributed by atoms with van der Waals surface area (Å²) in [5, 5.41) is 3.95. The number of hydrogen-bond donors (Lipinski definition) is 1. The van der Waals surface area contributed by atoms with Crippen LogP contribution in [0.3, 0.4) is 0 Å². The number of fused-ring (bicyclic) bond motifs is 1. The third-order valence-corrected chi connectivity index (χ3v) is 4.84. The summed E-state index contributed by atoms with van der Waals surface area (Å²) in [6.07, 6.45) is 3.34. The molecule has 7 heteroatoms. The molecule has 0 bridgehead atoms. The van der Waals surface area contributed by atoms with Crippen molar-refractivity contribution < 1.29 is 14.3 Å². The number of carbonyl (C=O) groups is 2. The van der Waals surface area contributed by atoms with E-state index in [0.29, 0.717) is 33.7 Å². The summed E-state index contributed by atoms with van der Waals surface area (Å²) in [5.74, 6) is -0.999. The van der Waals surface area contributed by atoms with Gasteiger partial charge < -0.3 is 10.1 Å². The van der Waals surface area contributed by atoms with E-state index in [1.54, 1.807) is 48.8 Å². The van der Waals surface area contributed by atoms with Gasteiger partial charge in [0.15, 0.2) is 6.61 Å². The van der Waals surface area contributed by atoms with Crippen LogP contribution in [0, 0.1) is 0 Å². The van der Waals surface area contributed by atoms with Crippen molar-refractivity contribution in [2.75, 3.05) is 6.61 Å². The number of para-hydroxylation sites is 1. The molecule has 6 nitrogen and oxygen atoms in total. The SMILES string of the molecule is O=C(COC(=O)c1cc(-c2cccnc2)nc2ccccc12)NCc1cccc(Cl)c1. The first-order chi connectivity index (χ1) is 15.1. The number of pyridine rings is 2. The second-order valence-electron chi connectivity index (χ2n) is 6.80. The Bertz CT molecular complexity index is 1250. The van der Waals surface area contributed by atoms with Crippen molar-refractivity contribution in [3.8, 4) is 11.3 Å². The largest absolute Gasteiger partial charge is 0.452 e. The smallest absolute Gasteiger partial charge is 0.339 e. The number of nitrogens with zero attached hydrogens (tertiary/aromatic N) is 2. The highest BCUT2D eigenvalue weighted by atomic mass is 35.5. The first-order valence-corrected chi connectivity index (χ1v) is 9.96. The highest BCUT2D eigenvalue weighted by molar-refractivity contribution is 6.30. The first-order valence-electron chi connectivity index (χ1n) is 9.58. The lowest BCUT2D eigenvalue weighted by Crippen LogP contribution is -2.28. The number of amides is 1. The van der Waals surface area contributed by atoms with Crippen molar-refractivity contribution in [1.82, 2.24) is 15.3 Å². The molecule has 0 saturated carbocycles. The van der Waals surface area contributed by atoms with Crippen LogP contribution >= 0.6 is 11.6 Å². The summed E-state index contributed by atoms with van der Waals surface area (Å²) in [7, 11) is 0. The third-order valence-electron chi connectivity index (χ3n) is 4.61. The summed E-state index contributed by atoms with van der Waals surface area (Å²) in [6, 6.07) is 19.8. The number of halogens is 1. The van der Waals surface area contributed by atoms with Crippen LogP contribution in [0.15, 0.2) is 79.1 Å². The molecule has 0 aliphatic heterocycles. The summed E-state index contributed by atoms with van der Waals surface area (Å²) in [4.78, 5) is 33.7. The molecule has 0 saturated heterocycles. The molecule has 0 radical (unpaired) electrons. The zero-order valence-electron chi connectivity index (χ0n) is 16.4. The summed E-state index contributed by atoms with van der Waals surface area (Å²) >= 11 is 5.94. The monoisotopic (exact) mass is 431 g/mol. The maximum Gasteiger partial charge on any atom is 0.339 e. The zero-order chi connectivity index (χ0) is 21.6. The Morgan fingerprint density at radius 3 is 2.68 bits per heavy atom. The van der Waals surface area contributed by atoms with Crippen molar-refractivity contribution in [1.29, 1.82) is 0 Å². The molecule has 2 aromatic carbocycles. The van der Waals surface area contributed by atoms with Crippen molar-refractivity contribution in [2.24, 2.45) is 0 Å². The number of benzene rings is 2. The van der Waals surface area contributed by atoms with Gasteiger partial charge in [-0.3, -0.25) is 9.78 Å². The topological polar surface area (TPSA) is 81.2 Å². The van der Waals surface area contributed by atoms with Gasteiger partial charge in [-0.25, -0.2) is 9.78 Å².